The van der Waals surface area contributed by atoms with E-state index in [2.05, 4.69) is 5.32 Å². The fraction of sp³-hybridized carbons (Fsp3) is 0.529. The van der Waals surface area contributed by atoms with Gasteiger partial charge in [-0.2, -0.15) is 0 Å². The van der Waals surface area contributed by atoms with Gasteiger partial charge in [0.15, 0.2) is 0 Å². The van der Waals surface area contributed by atoms with Crippen molar-refractivity contribution in [3.05, 3.63) is 29.3 Å². The van der Waals surface area contributed by atoms with Crippen molar-refractivity contribution < 1.29 is 9.59 Å². The summed E-state index contributed by atoms with van der Waals surface area (Å²) in [5.74, 6) is -0.824. The van der Waals surface area contributed by atoms with Crippen LogP contribution >= 0.6 is 0 Å². The van der Waals surface area contributed by atoms with Gasteiger partial charge in [-0.05, 0) is 58.2 Å². The maximum Gasteiger partial charge on any atom is 0.239 e. The molecule has 1 fully saturated rings. The van der Waals surface area contributed by atoms with Crippen LogP contribution in [0.4, 0.5) is 5.69 Å². The van der Waals surface area contributed by atoms with Crippen LogP contribution in [-0.4, -0.2) is 23.9 Å². The zero-order valence-corrected chi connectivity index (χ0v) is 13.5. The van der Waals surface area contributed by atoms with E-state index in [4.69, 9.17) is 0 Å². The normalized spacial score (nSPS) is 19.0. The molecule has 21 heavy (non-hydrogen) atoms. The number of hydrogen-bond donors (Lipinski definition) is 1. The molecule has 2 rings (SSSR count). The van der Waals surface area contributed by atoms with Crippen molar-refractivity contribution in [2.75, 3.05) is 11.4 Å². The molecule has 4 nitrogen and oxygen atoms in total. The Balaban J connectivity index is 2.19. The van der Waals surface area contributed by atoms with Gasteiger partial charge in [0.25, 0.3) is 0 Å². The molecule has 0 radical (unpaired) electrons. The van der Waals surface area contributed by atoms with Gasteiger partial charge in [0.2, 0.25) is 11.8 Å². The fourth-order valence-corrected chi connectivity index (χ4v) is 2.65. The number of hydrogen-bond acceptors (Lipinski definition) is 2. The van der Waals surface area contributed by atoms with Crippen LogP contribution < -0.4 is 10.2 Å². The summed E-state index contributed by atoms with van der Waals surface area (Å²) < 4.78 is 0. The molecule has 1 aliphatic rings. The fourth-order valence-electron chi connectivity index (χ4n) is 2.65. The second-order valence-corrected chi connectivity index (χ2v) is 6.79. The van der Waals surface area contributed by atoms with E-state index >= 15 is 0 Å². The SMILES string of the molecule is Cc1cccc(N2CCC(C(=O)NC(C)(C)C)C2=O)c1C. The van der Waals surface area contributed by atoms with Crippen molar-refractivity contribution in [3.8, 4) is 0 Å². The maximum absolute atomic E-state index is 12.6. The summed E-state index contributed by atoms with van der Waals surface area (Å²) in [6.45, 7) is 10.4. The van der Waals surface area contributed by atoms with E-state index in [-0.39, 0.29) is 17.4 Å². The molecule has 1 heterocycles. The van der Waals surface area contributed by atoms with Crippen molar-refractivity contribution >= 4 is 17.5 Å². The van der Waals surface area contributed by atoms with Gasteiger partial charge in [-0.1, -0.05) is 12.1 Å². The largest absolute Gasteiger partial charge is 0.351 e. The highest BCUT2D eigenvalue weighted by Gasteiger charge is 2.39. The zero-order valence-electron chi connectivity index (χ0n) is 13.5. The number of rotatable bonds is 2. The molecular formula is C17H24N2O2. The first-order valence-electron chi connectivity index (χ1n) is 7.40. The smallest absolute Gasteiger partial charge is 0.239 e. The third-order valence-corrected chi connectivity index (χ3v) is 3.89. The lowest BCUT2D eigenvalue weighted by molar-refractivity contribution is -0.133. The number of anilines is 1. The summed E-state index contributed by atoms with van der Waals surface area (Å²) in [6, 6.07) is 5.93. The maximum atomic E-state index is 12.6. The minimum absolute atomic E-state index is 0.0922. The third-order valence-electron chi connectivity index (χ3n) is 3.89. The van der Waals surface area contributed by atoms with E-state index in [1.165, 1.54) is 0 Å². The van der Waals surface area contributed by atoms with E-state index < -0.39 is 5.92 Å². The van der Waals surface area contributed by atoms with E-state index in [1.54, 1.807) is 4.90 Å². The van der Waals surface area contributed by atoms with Crippen LogP contribution in [0.1, 0.15) is 38.3 Å². The van der Waals surface area contributed by atoms with Crippen LogP contribution in [-0.2, 0) is 9.59 Å². The lowest BCUT2D eigenvalue weighted by Gasteiger charge is -2.23. The molecule has 1 saturated heterocycles. The Hall–Kier alpha value is -1.84. The van der Waals surface area contributed by atoms with Crippen molar-refractivity contribution in [3.63, 3.8) is 0 Å². The average Bonchev–Trinajstić information content (AvgIpc) is 2.73. The van der Waals surface area contributed by atoms with Crippen LogP contribution in [0.3, 0.4) is 0 Å². The van der Waals surface area contributed by atoms with Gasteiger partial charge < -0.3 is 10.2 Å². The van der Waals surface area contributed by atoms with Gasteiger partial charge in [-0.15, -0.1) is 0 Å². The molecule has 0 spiro atoms. The lowest BCUT2D eigenvalue weighted by Crippen LogP contribution is -2.46. The summed E-state index contributed by atoms with van der Waals surface area (Å²) in [4.78, 5) is 26.5. The number of benzene rings is 1. The molecule has 1 atom stereocenters. The number of carbonyl (C=O) groups excluding carboxylic acids is 2. The van der Waals surface area contributed by atoms with E-state index in [9.17, 15) is 9.59 Å². The molecule has 1 N–H and O–H groups in total. The zero-order chi connectivity index (χ0) is 15.8. The molecule has 1 aromatic rings. The minimum atomic E-state index is -0.566. The second-order valence-electron chi connectivity index (χ2n) is 6.79. The molecule has 114 valence electrons. The van der Waals surface area contributed by atoms with Crippen LogP contribution in [0.2, 0.25) is 0 Å². The van der Waals surface area contributed by atoms with Crippen LogP contribution in [0, 0.1) is 19.8 Å². The molecule has 1 unspecified atom stereocenters. The summed E-state index contributed by atoms with van der Waals surface area (Å²) in [5.41, 5.74) is 2.86. The van der Waals surface area contributed by atoms with E-state index in [0.29, 0.717) is 13.0 Å². The molecule has 0 bridgehead atoms. The Bertz CT molecular complexity index is 573. The summed E-state index contributed by atoms with van der Waals surface area (Å²) in [6.07, 6.45) is 0.578. The third kappa shape index (κ3) is 3.26. The monoisotopic (exact) mass is 288 g/mol. The molecule has 1 aliphatic heterocycles. The first-order valence-corrected chi connectivity index (χ1v) is 7.40. The number of carbonyl (C=O) groups is 2. The molecule has 4 heteroatoms. The lowest BCUT2D eigenvalue weighted by atomic mass is 10.0. The summed E-state index contributed by atoms with van der Waals surface area (Å²) in [5, 5.41) is 2.90. The Morgan fingerprint density at radius 1 is 1.29 bits per heavy atom. The number of amides is 2. The first kappa shape index (κ1) is 15.5. The standard InChI is InChI=1S/C17H24N2O2/c1-11-7-6-8-14(12(11)2)19-10-9-13(16(19)21)15(20)18-17(3,4)5/h6-8,13H,9-10H2,1-5H3,(H,18,20). The second kappa shape index (κ2) is 5.51. The predicted molar refractivity (Wildman–Crippen MR) is 84.3 cm³/mol. The topological polar surface area (TPSA) is 49.4 Å². The highest BCUT2D eigenvalue weighted by atomic mass is 16.2. The van der Waals surface area contributed by atoms with Crippen LogP contribution in [0.5, 0.6) is 0 Å². The van der Waals surface area contributed by atoms with E-state index in [0.717, 1.165) is 16.8 Å². The molecule has 0 aromatic heterocycles. The number of nitrogens with one attached hydrogen (secondary N) is 1. The van der Waals surface area contributed by atoms with Crippen molar-refractivity contribution in [1.29, 1.82) is 0 Å². The number of aryl methyl sites for hydroxylation is 1. The van der Waals surface area contributed by atoms with Gasteiger partial charge in [0.1, 0.15) is 5.92 Å². The minimum Gasteiger partial charge on any atom is -0.351 e. The van der Waals surface area contributed by atoms with Gasteiger partial charge in [-0.3, -0.25) is 9.59 Å². The quantitative estimate of drug-likeness (QED) is 0.850. The van der Waals surface area contributed by atoms with Gasteiger partial charge >= 0.3 is 0 Å². The van der Waals surface area contributed by atoms with Crippen molar-refractivity contribution in [2.24, 2.45) is 5.92 Å². The molecule has 0 saturated carbocycles. The highest BCUT2D eigenvalue weighted by molar-refractivity contribution is 6.10. The Morgan fingerprint density at radius 2 is 1.95 bits per heavy atom. The van der Waals surface area contributed by atoms with Crippen molar-refractivity contribution in [1.82, 2.24) is 5.32 Å². The molecule has 2 amide bonds. The molecular weight excluding hydrogens is 264 g/mol. The molecule has 0 aliphatic carbocycles. The van der Waals surface area contributed by atoms with Crippen LogP contribution in [0.15, 0.2) is 18.2 Å². The van der Waals surface area contributed by atoms with Crippen LogP contribution in [0.25, 0.3) is 0 Å². The summed E-state index contributed by atoms with van der Waals surface area (Å²) >= 11 is 0. The average molecular weight is 288 g/mol. The first-order chi connectivity index (χ1) is 9.70. The molecule has 1 aromatic carbocycles. The number of nitrogens with zero attached hydrogens (tertiary/aromatic N) is 1. The van der Waals surface area contributed by atoms with Crippen molar-refractivity contribution in [2.45, 2.75) is 46.6 Å². The van der Waals surface area contributed by atoms with Gasteiger partial charge in [0, 0.05) is 17.8 Å². The Labute approximate surface area is 126 Å². The Morgan fingerprint density at radius 3 is 2.57 bits per heavy atom. The van der Waals surface area contributed by atoms with Gasteiger partial charge in [-0.25, -0.2) is 0 Å². The predicted octanol–water partition coefficient (Wildman–Crippen LogP) is 2.57. The highest BCUT2D eigenvalue weighted by Crippen LogP contribution is 2.29. The van der Waals surface area contributed by atoms with Gasteiger partial charge in [0.05, 0.1) is 0 Å². The van der Waals surface area contributed by atoms with E-state index in [1.807, 2.05) is 52.8 Å². The summed E-state index contributed by atoms with van der Waals surface area (Å²) in [7, 11) is 0. The Kier molecular flexibility index (Phi) is 4.08.